The lowest BCUT2D eigenvalue weighted by atomic mass is 10.1. The van der Waals surface area contributed by atoms with Crippen LogP contribution in [0.15, 0.2) is 40.9 Å². The third-order valence-corrected chi connectivity index (χ3v) is 4.27. The van der Waals surface area contributed by atoms with Crippen molar-refractivity contribution in [3.63, 3.8) is 0 Å². The Balaban J connectivity index is 1.83. The zero-order chi connectivity index (χ0) is 14.2. The minimum Gasteiger partial charge on any atom is -0.307 e. The van der Waals surface area contributed by atoms with Gasteiger partial charge in [-0.25, -0.2) is 0 Å². The van der Waals surface area contributed by atoms with Gasteiger partial charge < -0.3 is 5.32 Å². The Morgan fingerprint density at radius 2 is 2.14 bits per heavy atom. The number of nitrogens with zero attached hydrogens (tertiary/aromatic N) is 4. The third-order valence-electron chi connectivity index (χ3n) is 3.78. The lowest BCUT2D eigenvalue weighted by Crippen LogP contribution is -2.16. The van der Waals surface area contributed by atoms with Gasteiger partial charge in [-0.15, -0.1) is 10.2 Å². The average Bonchev–Trinajstić information content (AvgIpc) is 3.15. The van der Waals surface area contributed by atoms with E-state index in [2.05, 4.69) is 43.6 Å². The molecule has 1 atom stereocenters. The van der Waals surface area contributed by atoms with E-state index in [1.807, 2.05) is 28.8 Å². The van der Waals surface area contributed by atoms with Gasteiger partial charge in [-0.05, 0) is 43.7 Å². The first-order chi connectivity index (χ1) is 10.3. The lowest BCUT2D eigenvalue weighted by molar-refractivity contribution is 0.585. The van der Waals surface area contributed by atoms with Crippen molar-refractivity contribution in [3.8, 4) is 11.3 Å². The summed E-state index contributed by atoms with van der Waals surface area (Å²) in [5.74, 6) is 0.902. The number of nitrogens with one attached hydrogen (secondary N) is 1. The molecule has 1 aliphatic rings. The summed E-state index contributed by atoms with van der Waals surface area (Å²) in [4.78, 5) is 0. The summed E-state index contributed by atoms with van der Waals surface area (Å²) >= 11 is 3.50. The van der Waals surface area contributed by atoms with Gasteiger partial charge in [0.2, 0.25) is 0 Å². The van der Waals surface area contributed by atoms with Gasteiger partial charge >= 0.3 is 0 Å². The van der Waals surface area contributed by atoms with Gasteiger partial charge in [-0.2, -0.15) is 9.61 Å². The fourth-order valence-electron chi connectivity index (χ4n) is 2.73. The maximum absolute atomic E-state index is 4.72. The fraction of sp³-hybridized carbons (Fsp3) is 0.267. The highest BCUT2D eigenvalue weighted by Gasteiger charge is 2.22. The van der Waals surface area contributed by atoms with Crippen LogP contribution in [0.4, 0.5) is 0 Å². The van der Waals surface area contributed by atoms with Crippen LogP contribution in [0, 0.1) is 0 Å². The number of aromatic nitrogens is 4. The summed E-state index contributed by atoms with van der Waals surface area (Å²) in [6.45, 7) is 1.03. The highest BCUT2D eigenvalue weighted by atomic mass is 79.9. The van der Waals surface area contributed by atoms with Gasteiger partial charge in [0, 0.05) is 10.0 Å². The van der Waals surface area contributed by atoms with E-state index in [1.54, 1.807) is 0 Å². The van der Waals surface area contributed by atoms with Gasteiger partial charge in [0.25, 0.3) is 0 Å². The predicted molar refractivity (Wildman–Crippen MR) is 83.9 cm³/mol. The first-order valence-electron chi connectivity index (χ1n) is 7.03. The number of hydrogen-bond donors (Lipinski definition) is 1. The summed E-state index contributed by atoms with van der Waals surface area (Å²) in [5.41, 5.74) is 2.78. The van der Waals surface area contributed by atoms with Crippen LogP contribution >= 0.6 is 15.9 Å². The Labute approximate surface area is 130 Å². The first kappa shape index (κ1) is 12.9. The molecule has 1 aliphatic heterocycles. The second kappa shape index (κ2) is 5.20. The van der Waals surface area contributed by atoms with E-state index in [1.165, 1.54) is 6.42 Å². The van der Waals surface area contributed by atoms with E-state index >= 15 is 0 Å². The van der Waals surface area contributed by atoms with Crippen molar-refractivity contribution in [2.45, 2.75) is 18.9 Å². The molecule has 1 fully saturated rings. The second-order valence-corrected chi connectivity index (χ2v) is 6.12. The van der Waals surface area contributed by atoms with E-state index in [9.17, 15) is 0 Å². The Morgan fingerprint density at radius 3 is 2.95 bits per heavy atom. The van der Waals surface area contributed by atoms with E-state index in [4.69, 9.17) is 5.10 Å². The van der Waals surface area contributed by atoms with E-state index in [0.717, 1.165) is 40.2 Å². The standard InChI is InChI=1S/C15H14BrN5/c16-11-4-1-3-10(9-11)12-6-7-14-18-19-15(21(14)20-12)13-5-2-8-17-13/h1,3-4,6-7,9,13,17H,2,5,8H2. The topological polar surface area (TPSA) is 55.1 Å². The molecule has 6 heteroatoms. The largest absolute Gasteiger partial charge is 0.307 e. The number of hydrogen-bond acceptors (Lipinski definition) is 4. The average molecular weight is 344 g/mol. The minimum absolute atomic E-state index is 0.255. The molecule has 0 spiro atoms. The third kappa shape index (κ3) is 2.34. The Bertz CT molecular complexity index is 792. The van der Waals surface area contributed by atoms with Gasteiger partial charge in [-0.1, -0.05) is 28.1 Å². The van der Waals surface area contributed by atoms with Gasteiger partial charge in [-0.3, -0.25) is 0 Å². The molecular weight excluding hydrogens is 330 g/mol. The van der Waals surface area contributed by atoms with Crippen molar-refractivity contribution >= 4 is 21.6 Å². The quantitative estimate of drug-likeness (QED) is 0.777. The van der Waals surface area contributed by atoms with Crippen molar-refractivity contribution in [1.82, 2.24) is 25.1 Å². The molecule has 0 amide bonds. The van der Waals surface area contributed by atoms with Gasteiger partial charge in [0.15, 0.2) is 11.5 Å². The molecule has 1 aromatic carbocycles. The Kier molecular flexibility index (Phi) is 3.20. The van der Waals surface area contributed by atoms with Crippen molar-refractivity contribution < 1.29 is 0 Å². The molecule has 0 bridgehead atoms. The van der Waals surface area contributed by atoms with Crippen LogP contribution in [0.5, 0.6) is 0 Å². The molecule has 1 N–H and O–H groups in total. The van der Waals surface area contributed by atoms with E-state index < -0.39 is 0 Å². The van der Waals surface area contributed by atoms with Crippen LogP contribution in [0.25, 0.3) is 16.9 Å². The monoisotopic (exact) mass is 343 g/mol. The maximum Gasteiger partial charge on any atom is 0.178 e. The van der Waals surface area contributed by atoms with Crippen LogP contribution in [0.1, 0.15) is 24.7 Å². The SMILES string of the molecule is Brc1cccc(-c2ccc3nnc(C4CCCN4)n3n2)c1. The molecule has 4 rings (SSSR count). The number of benzene rings is 1. The first-order valence-corrected chi connectivity index (χ1v) is 7.82. The molecule has 106 valence electrons. The van der Waals surface area contributed by atoms with Crippen LogP contribution in [0.3, 0.4) is 0 Å². The van der Waals surface area contributed by atoms with Crippen molar-refractivity contribution in [2.75, 3.05) is 6.54 Å². The second-order valence-electron chi connectivity index (χ2n) is 5.21. The van der Waals surface area contributed by atoms with Gasteiger partial charge in [0.05, 0.1) is 11.7 Å². The predicted octanol–water partition coefficient (Wildman–Crippen LogP) is 2.98. The van der Waals surface area contributed by atoms with E-state index in [0.29, 0.717) is 0 Å². The molecule has 3 aromatic rings. The summed E-state index contributed by atoms with van der Waals surface area (Å²) in [6.07, 6.45) is 2.26. The molecule has 5 nitrogen and oxygen atoms in total. The molecule has 0 aliphatic carbocycles. The van der Waals surface area contributed by atoms with Crippen molar-refractivity contribution in [1.29, 1.82) is 0 Å². The fourth-order valence-corrected chi connectivity index (χ4v) is 3.13. The molecule has 1 saturated heterocycles. The zero-order valence-corrected chi connectivity index (χ0v) is 12.9. The summed E-state index contributed by atoms with van der Waals surface area (Å²) in [7, 11) is 0. The normalized spacial score (nSPS) is 18.4. The molecule has 0 saturated carbocycles. The molecule has 3 heterocycles. The number of halogens is 1. The molecule has 1 unspecified atom stereocenters. The van der Waals surface area contributed by atoms with E-state index in [-0.39, 0.29) is 6.04 Å². The lowest BCUT2D eigenvalue weighted by Gasteiger charge is -2.08. The van der Waals surface area contributed by atoms with Crippen LogP contribution in [0.2, 0.25) is 0 Å². The minimum atomic E-state index is 0.255. The summed E-state index contributed by atoms with van der Waals surface area (Å²) < 4.78 is 2.91. The van der Waals surface area contributed by atoms with Gasteiger partial charge in [0.1, 0.15) is 0 Å². The molecule has 21 heavy (non-hydrogen) atoms. The Hall–Kier alpha value is -1.79. The molecular formula is C15H14BrN5. The number of rotatable bonds is 2. The van der Waals surface area contributed by atoms with Crippen LogP contribution in [-0.4, -0.2) is 26.4 Å². The zero-order valence-electron chi connectivity index (χ0n) is 11.3. The summed E-state index contributed by atoms with van der Waals surface area (Å²) in [5, 5.41) is 16.7. The maximum atomic E-state index is 4.72. The summed E-state index contributed by atoms with van der Waals surface area (Å²) in [6, 6.07) is 12.3. The van der Waals surface area contributed by atoms with Crippen molar-refractivity contribution in [3.05, 3.63) is 46.7 Å². The Morgan fingerprint density at radius 1 is 1.19 bits per heavy atom. The van der Waals surface area contributed by atoms with Crippen molar-refractivity contribution in [2.24, 2.45) is 0 Å². The number of fused-ring (bicyclic) bond motifs is 1. The highest BCUT2D eigenvalue weighted by Crippen LogP contribution is 2.24. The van der Waals surface area contributed by atoms with Crippen LogP contribution in [-0.2, 0) is 0 Å². The molecule has 0 radical (unpaired) electrons. The highest BCUT2D eigenvalue weighted by molar-refractivity contribution is 9.10. The smallest absolute Gasteiger partial charge is 0.178 e. The van der Waals surface area contributed by atoms with Crippen LogP contribution < -0.4 is 5.32 Å². The molecule has 2 aromatic heterocycles.